The molecule has 2 aromatic rings. The van der Waals surface area contributed by atoms with Gasteiger partial charge in [0.15, 0.2) is 0 Å². The molecule has 116 valence electrons. The third-order valence-electron chi connectivity index (χ3n) is 2.53. The third-order valence-corrected chi connectivity index (χ3v) is 2.53. The Hall–Kier alpha value is -2.39. The molecule has 2 heterocycles. The summed E-state index contributed by atoms with van der Waals surface area (Å²) in [5, 5.41) is 2.64. The molecule has 0 bridgehead atoms. The van der Waals surface area contributed by atoms with Crippen molar-refractivity contribution in [1.29, 1.82) is 0 Å². The van der Waals surface area contributed by atoms with Gasteiger partial charge in [-0.1, -0.05) is 30.0 Å². The van der Waals surface area contributed by atoms with Gasteiger partial charge in [0.1, 0.15) is 0 Å². The molecule has 3 nitrogen and oxygen atoms in total. The number of pyridine rings is 1. The van der Waals surface area contributed by atoms with E-state index in [1.807, 2.05) is 0 Å². The second-order valence-electron chi connectivity index (χ2n) is 4.05. The molecule has 0 aliphatic carbocycles. The number of dihydropyridines is 1. The molecule has 6 heteroatoms. The first-order chi connectivity index (χ1) is 10.7. The Kier molecular flexibility index (Phi) is 7.78. The van der Waals surface area contributed by atoms with Gasteiger partial charge in [-0.2, -0.15) is 6.08 Å². The van der Waals surface area contributed by atoms with Gasteiger partial charge in [-0.15, -0.1) is 24.3 Å². The van der Waals surface area contributed by atoms with Gasteiger partial charge in [-0.3, -0.25) is 8.78 Å². The van der Waals surface area contributed by atoms with E-state index in [0.29, 0.717) is 11.4 Å². The quantitative estimate of drug-likeness (QED) is 0.496. The van der Waals surface area contributed by atoms with Gasteiger partial charge in [0.25, 0.3) is 0 Å². The van der Waals surface area contributed by atoms with Crippen LogP contribution in [-0.2, 0) is 24.9 Å². The number of carbonyl (C=O) groups excluding carboxylic acids is 1. The third kappa shape index (κ3) is 5.72. The average molecular weight is 488 g/mol. The number of rotatable bonds is 1. The second kappa shape index (κ2) is 9.59. The maximum absolute atomic E-state index is 13.2. The predicted octanol–water partition coefficient (Wildman–Crippen LogP) is 3.00. The minimum absolute atomic E-state index is 0. The molecule has 0 unspecified atom stereocenters. The second-order valence-corrected chi connectivity index (χ2v) is 4.05. The number of benzene rings is 1. The molecule has 0 amide bonds. The molecule has 1 aromatic heterocycles. The van der Waals surface area contributed by atoms with E-state index in [9.17, 15) is 13.6 Å². The van der Waals surface area contributed by atoms with E-state index in [1.165, 1.54) is 0 Å². The first-order valence-corrected chi connectivity index (χ1v) is 6.25. The van der Waals surface area contributed by atoms with Crippen molar-refractivity contribution in [3.05, 3.63) is 84.4 Å². The van der Waals surface area contributed by atoms with Crippen LogP contribution in [0.15, 0.2) is 60.6 Å². The van der Waals surface area contributed by atoms with E-state index in [2.05, 4.69) is 22.4 Å². The first-order valence-electron chi connectivity index (χ1n) is 6.25. The summed E-state index contributed by atoms with van der Waals surface area (Å²) in [5.74, 6) is 0.380. The molecule has 0 atom stereocenters. The molecule has 23 heavy (non-hydrogen) atoms. The zero-order chi connectivity index (χ0) is 15.8. The molecule has 1 aromatic carbocycles. The summed E-state index contributed by atoms with van der Waals surface area (Å²) in [7, 11) is 0. The molecule has 3 rings (SSSR count). The number of nitrogens with zero attached hydrogens (tertiary/aromatic N) is 1. The van der Waals surface area contributed by atoms with E-state index in [0.717, 1.165) is 12.1 Å². The van der Waals surface area contributed by atoms with E-state index in [1.54, 1.807) is 48.7 Å². The smallest absolute Gasteiger partial charge is 0.386 e. The summed E-state index contributed by atoms with van der Waals surface area (Å²) in [5.41, 5.74) is 0.990. The number of hydrogen-bond donors (Lipinski definition) is 1. The summed E-state index contributed by atoms with van der Waals surface area (Å²) in [6.07, 6.45) is 9.24. The Morgan fingerprint density at radius 3 is 2.61 bits per heavy atom. The standard InChI is InChI=1S/C11H6F2N.C6H4NO.Ir/c12-8-4-5-9(10(13)7-8)11-3-1-2-6-14-11;8-5-6-3-1-2-4-7-6;/h1-4,6-7H;1-2,4,7H;/q2*-1;+3. The van der Waals surface area contributed by atoms with Crippen LogP contribution in [0.4, 0.5) is 8.78 Å². The monoisotopic (exact) mass is 489 g/mol. The van der Waals surface area contributed by atoms with E-state index < -0.39 is 11.6 Å². The Morgan fingerprint density at radius 1 is 1.26 bits per heavy atom. The number of aromatic nitrogens is 1. The minimum atomic E-state index is -0.649. The molecular formula is C17H10F2IrN2O+. The van der Waals surface area contributed by atoms with Crippen molar-refractivity contribution in [3.63, 3.8) is 0 Å². The van der Waals surface area contributed by atoms with Gasteiger partial charge in [0.2, 0.25) is 0 Å². The molecule has 1 aliphatic heterocycles. The van der Waals surface area contributed by atoms with Crippen LogP contribution in [0.1, 0.15) is 0 Å². The first kappa shape index (κ1) is 18.7. The normalized spacial score (nSPS) is 11.5. The molecule has 0 fully saturated rings. The van der Waals surface area contributed by atoms with Crippen molar-refractivity contribution in [3.8, 4) is 11.3 Å². The summed E-state index contributed by atoms with van der Waals surface area (Å²) in [4.78, 5) is 13.8. The Labute approximate surface area is 145 Å². The van der Waals surface area contributed by atoms with Crippen molar-refractivity contribution in [2.45, 2.75) is 0 Å². The van der Waals surface area contributed by atoms with Crippen LogP contribution in [0, 0.1) is 23.8 Å². The molecular weight excluding hydrogens is 478 g/mol. The van der Waals surface area contributed by atoms with Crippen LogP contribution in [0.2, 0.25) is 0 Å². The average Bonchev–Trinajstić information content (AvgIpc) is 2.57. The maximum Gasteiger partial charge on any atom is 3.00 e. The fourth-order valence-corrected chi connectivity index (χ4v) is 1.56. The van der Waals surface area contributed by atoms with Crippen molar-refractivity contribution in [2.24, 2.45) is 0 Å². The van der Waals surface area contributed by atoms with E-state index in [-0.39, 0.29) is 25.7 Å². The summed E-state index contributed by atoms with van der Waals surface area (Å²) >= 11 is 0. The number of nitrogens with one attached hydrogen (secondary N) is 1. The van der Waals surface area contributed by atoms with Crippen molar-refractivity contribution in [1.82, 2.24) is 10.3 Å². The topological polar surface area (TPSA) is 42.0 Å². The van der Waals surface area contributed by atoms with Crippen LogP contribution in [0.5, 0.6) is 0 Å². The van der Waals surface area contributed by atoms with Crippen LogP contribution in [0.25, 0.3) is 11.3 Å². The molecule has 0 saturated carbocycles. The van der Waals surface area contributed by atoms with Crippen LogP contribution in [-0.4, -0.2) is 10.9 Å². The van der Waals surface area contributed by atoms with Crippen LogP contribution in [0.3, 0.4) is 0 Å². The zero-order valence-electron chi connectivity index (χ0n) is 11.6. The molecule has 0 radical (unpaired) electrons. The molecule has 1 aliphatic rings. The van der Waals surface area contributed by atoms with Gasteiger partial charge in [0.05, 0.1) is 0 Å². The summed E-state index contributed by atoms with van der Waals surface area (Å²) in [6, 6.07) is 9.53. The fourth-order valence-electron chi connectivity index (χ4n) is 1.56. The van der Waals surface area contributed by atoms with Crippen LogP contribution >= 0.6 is 0 Å². The Bertz CT molecular complexity index is 754. The van der Waals surface area contributed by atoms with Gasteiger partial charge in [0, 0.05) is 17.8 Å². The van der Waals surface area contributed by atoms with Crippen LogP contribution < -0.4 is 5.32 Å². The van der Waals surface area contributed by atoms with Crippen molar-refractivity contribution >= 4 is 5.94 Å². The fraction of sp³-hybridized carbons (Fsp3) is 0. The molecule has 1 N–H and O–H groups in total. The number of allylic oxidation sites excluding steroid dienone is 3. The maximum atomic E-state index is 13.2. The Balaban J connectivity index is 0.000000253. The number of hydrogen-bond acceptors (Lipinski definition) is 3. The number of halogens is 2. The van der Waals surface area contributed by atoms with Crippen molar-refractivity contribution in [2.75, 3.05) is 0 Å². The van der Waals surface area contributed by atoms with E-state index >= 15 is 0 Å². The molecule has 0 saturated heterocycles. The largest absolute Gasteiger partial charge is 3.00 e. The van der Waals surface area contributed by atoms with Crippen molar-refractivity contribution < 1.29 is 33.7 Å². The summed E-state index contributed by atoms with van der Waals surface area (Å²) in [6.45, 7) is 0. The minimum Gasteiger partial charge on any atom is -0.386 e. The SMILES string of the molecule is Fc1c[c-]c(-c2ccccn2)c(F)c1.O=C=C1[C-]=CC=CN1.[Ir+3]. The predicted molar refractivity (Wildman–Crippen MR) is 77.7 cm³/mol. The Morgan fingerprint density at radius 2 is 2.09 bits per heavy atom. The summed E-state index contributed by atoms with van der Waals surface area (Å²) < 4.78 is 25.8. The molecule has 0 spiro atoms. The van der Waals surface area contributed by atoms with Gasteiger partial charge in [-0.25, -0.2) is 0 Å². The van der Waals surface area contributed by atoms with Gasteiger partial charge < -0.3 is 15.1 Å². The van der Waals surface area contributed by atoms with E-state index in [4.69, 9.17) is 0 Å². The van der Waals surface area contributed by atoms with Gasteiger partial charge >= 0.3 is 20.1 Å². The zero-order valence-corrected chi connectivity index (χ0v) is 14.0. The van der Waals surface area contributed by atoms with Gasteiger partial charge in [-0.05, 0) is 23.4 Å².